The van der Waals surface area contributed by atoms with E-state index in [1.165, 1.54) is 10.4 Å². The number of aliphatic carboxylic acids is 1. The van der Waals surface area contributed by atoms with Gasteiger partial charge in [0.1, 0.15) is 0 Å². The summed E-state index contributed by atoms with van der Waals surface area (Å²) in [6.45, 7) is 2.72. The zero-order chi connectivity index (χ0) is 15.0. The predicted molar refractivity (Wildman–Crippen MR) is 85.1 cm³/mol. The van der Waals surface area contributed by atoms with Crippen molar-refractivity contribution in [3.8, 4) is 0 Å². The van der Waals surface area contributed by atoms with Crippen molar-refractivity contribution in [2.75, 3.05) is 18.8 Å². The van der Waals surface area contributed by atoms with Crippen molar-refractivity contribution in [2.24, 2.45) is 5.41 Å². The molecule has 2 aliphatic heterocycles. The molecule has 0 aliphatic carbocycles. The number of thiophene rings is 1. The van der Waals surface area contributed by atoms with E-state index in [1.807, 2.05) is 17.8 Å². The first-order valence-corrected chi connectivity index (χ1v) is 9.19. The van der Waals surface area contributed by atoms with Crippen LogP contribution in [0.25, 0.3) is 0 Å². The summed E-state index contributed by atoms with van der Waals surface area (Å²) in [6.07, 6.45) is 2.45. The molecule has 6 heteroatoms. The molecule has 1 aromatic rings. The number of amides is 1. The Bertz CT molecular complexity index is 560. The number of carbonyl (C=O) groups excluding carboxylic acids is 1. The zero-order valence-corrected chi connectivity index (χ0v) is 13.7. The summed E-state index contributed by atoms with van der Waals surface area (Å²) in [5, 5.41) is 9.36. The molecule has 3 rings (SSSR count). The third-order valence-electron chi connectivity index (χ3n) is 4.34. The fourth-order valence-corrected chi connectivity index (χ4v) is 5.34. The van der Waals surface area contributed by atoms with Gasteiger partial charge in [0.2, 0.25) is 0 Å². The van der Waals surface area contributed by atoms with Crippen LogP contribution in [0.3, 0.4) is 0 Å². The Hall–Kier alpha value is -1.01. The van der Waals surface area contributed by atoms with E-state index in [1.54, 1.807) is 23.2 Å². The molecular weight excluding hydrogens is 306 g/mol. The highest BCUT2D eigenvalue weighted by atomic mass is 32.2. The quantitative estimate of drug-likeness (QED) is 0.908. The molecule has 114 valence electrons. The van der Waals surface area contributed by atoms with Gasteiger partial charge in [0.15, 0.2) is 0 Å². The molecule has 0 aromatic carbocycles. The summed E-state index contributed by atoms with van der Waals surface area (Å²) < 4.78 is 0. The minimum atomic E-state index is -0.805. The Morgan fingerprint density at radius 2 is 2.24 bits per heavy atom. The number of carboxylic acid groups (broad SMARTS) is 1. The number of aryl methyl sites for hydroxylation is 1. The second-order valence-corrected chi connectivity index (χ2v) is 8.30. The lowest BCUT2D eigenvalue weighted by Gasteiger charge is -2.37. The monoisotopic (exact) mass is 325 g/mol. The summed E-state index contributed by atoms with van der Waals surface area (Å²) in [4.78, 5) is 27.9. The van der Waals surface area contributed by atoms with Gasteiger partial charge >= 0.3 is 5.97 Å². The van der Waals surface area contributed by atoms with Crippen molar-refractivity contribution in [3.63, 3.8) is 0 Å². The molecule has 0 saturated carbocycles. The minimum absolute atomic E-state index is 0.00609. The molecule has 2 aliphatic rings. The fourth-order valence-electron chi connectivity index (χ4n) is 3.00. The van der Waals surface area contributed by atoms with Crippen LogP contribution in [0.15, 0.2) is 6.07 Å². The van der Waals surface area contributed by atoms with Gasteiger partial charge in [-0.05, 0) is 43.6 Å². The van der Waals surface area contributed by atoms with Crippen LogP contribution < -0.4 is 0 Å². The van der Waals surface area contributed by atoms with E-state index in [0.29, 0.717) is 19.5 Å². The van der Waals surface area contributed by atoms with E-state index in [2.05, 4.69) is 0 Å². The number of piperidine rings is 1. The van der Waals surface area contributed by atoms with Crippen molar-refractivity contribution >= 4 is 35.0 Å². The van der Waals surface area contributed by atoms with Gasteiger partial charge < -0.3 is 10.0 Å². The number of hydrogen-bond acceptors (Lipinski definition) is 4. The molecule has 1 N–H and O–H groups in total. The van der Waals surface area contributed by atoms with Crippen molar-refractivity contribution < 1.29 is 14.7 Å². The van der Waals surface area contributed by atoms with E-state index in [4.69, 9.17) is 0 Å². The van der Waals surface area contributed by atoms with Crippen LogP contribution in [0.2, 0.25) is 0 Å². The summed E-state index contributed by atoms with van der Waals surface area (Å²) in [7, 11) is 0. The maximum absolute atomic E-state index is 12.7. The fraction of sp³-hybridized carbons (Fsp3) is 0.600. The lowest BCUT2D eigenvalue weighted by molar-refractivity contribution is -0.150. The van der Waals surface area contributed by atoms with Gasteiger partial charge in [0.25, 0.3) is 5.91 Å². The molecule has 4 nitrogen and oxygen atoms in total. The standard InChI is InChI=1S/C15H19NO3S2/c1-15(14(18)19)4-2-5-16(9-15)13(17)12-7-10-8-20-6-3-11(10)21-12/h7H,2-6,8-9H2,1H3,(H,18,19). The third kappa shape index (κ3) is 2.83. The molecule has 0 bridgehead atoms. The second kappa shape index (κ2) is 5.65. The smallest absolute Gasteiger partial charge is 0.311 e. The largest absolute Gasteiger partial charge is 0.481 e. The maximum atomic E-state index is 12.7. The molecule has 0 spiro atoms. The van der Waals surface area contributed by atoms with Gasteiger partial charge in [0, 0.05) is 23.7 Å². The first-order valence-electron chi connectivity index (χ1n) is 7.22. The Kier molecular flexibility index (Phi) is 4.01. The van der Waals surface area contributed by atoms with E-state index in [0.717, 1.165) is 29.2 Å². The highest BCUT2D eigenvalue weighted by molar-refractivity contribution is 7.98. The van der Waals surface area contributed by atoms with Crippen LogP contribution >= 0.6 is 23.1 Å². The zero-order valence-electron chi connectivity index (χ0n) is 12.1. The summed E-state index contributed by atoms with van der Waals surface area (Å²) in [5.74, 6) is 1.32. The van der Waals surface area contributed by atoms with Gasteiger partial charge in [-0.15, -0.1) is 11.3 Å². The normalized spacial score (nSPS) is 25.5. The molecule has 1 saturated heterocycles. The van der Waals surface area contributed by atoms with E-state index in [-0.39, 0.29) is 5.91 Å². The van der Waals surface area contributed by atoms with Gasteiger partial charge in [-0.2, -0.15) is 11.8 Å². The number of nitrogens with zero attached hydrogens (tertiary/aromatic N) is 1. The summed E-state index contributed by atoms with van der Waals surface area (Å²) in [6, 6.07) is 2.02. The first kappa shape index (κ1) is 14.9. The van der Waals surface area contributed by atoms with Crippen LogP contribution in [-0.4, -0.2) is 40.7 Å². The van der Waals surface area contributed by atoms with E-state index in [9.17, 15) is 14.7 Å². The SMILES string of the molecule is CC1(C(=O)O)CCCN(C(=O)c2cc3c(s2)CCSC3)C1. The Labute approximate surface area is 132 Å². The Balaban J connectivity index is 1.78. The van der Waals surface area contributed by atoms with Gasteiger partial charge in [-0.1, -0.05) is 0 Å². The molecule has 1 fully saturated rings. The molecule has 1 amide bonds. The number of thioether (sulfide) groups is 1. The topological polar surface area (TPSA) is 57.6 Å². The van der Waals surface area contributed by atoms with Crippen molar-refractivity contribution in [3.05, 3.63) is 21.4 Å². The minimum Gasteiger partial charge on any atom is -0.481 e. The molecule has 0 radical (unpaired) electrons. The first-order chi connectivity index (χ1) is 9.99. The molecular formula is C15H19NO3S2. The number of carbonyl (C=O) groups is 2. The average Bonchev–Trinajstić information content (AvgIpc) is 2.90. The van der Waals surface area contributed by atoms with Crippen LogP contribution in [0.1, 0.15) is 39.9 Å². The van der Waals surface area contributed by atoms with Gasteiger partial charge in [0.05, 0.1) is 10.3 Å². The number of carboxylic acids is 1. The van der Waals surface area contributed by atoms with Crippen molar-refractivity contribution in [1.29, 1.82) is 0 Å². The average molecular weight is 325 g/mol. The van der Waals surface area contributed by atoms with Crippen LogP contribution in [-0.2, 0) is 17.0 Å². The lowest BCUT2D eigenvalue weighted by atomic mass is 9.82. The maximum Gasteiger partial charge on any atom is 0.311 e. The molecule has 1 aromatic heterocycles. The lowest BCUT2D eigenvalue weighted by Crippen LogP contribution is -2.48. The number of rotatable bonds is 2. The Morgan fingerprint density at radius 3 is 2.95 bits per heavy atom. The van der Waals surface area contributed by atoms with Crippen LogP contribution in [0.4, 0.5) is 0 Å². The molecule has 1 unspecified atom stereocenters. The van der Waals surface area contributed by atoms with E-state index >= 15 is 0 Å². The van der Waals surface area contributed by atoms with Crippen LogP contribution in [0, 0.1) is 5.41 Å². The highest BCUT2D eigenvalue weighted by Gasteiger charge is 2.39. The van der Waals surface area contributed by atoms with Crippen molar-refractivity contribution in [2.45, 2.75) is 31.9 Å². The summed E-state index contributed by atoms with van der Waals surface area (Å²) in [5.41, 5.74) is 0.485. The number of fused-ring (bicyclic) bond motifs is 1. The molecule has 21 heavy (non-hydrogen) atoms. The third-order valence-corrected chi connectivity index (χ3v) is 6.57. The predicted octanol–water partition coefficient (Wildman–Crippen LogP) is 2.86. The van der Waals surface area contributed by atoms with Crippen molar-refractivity contribution in [1.82, 2.24) is 4.90 Å². The Morgan fingerprint density at radius 1 is 1.43 bits per heavy atom. The second-order valence-electron chi connectivity index (χ2n) is 6.06. The highest BCUT2D eigenvalue weighted by Crippen LogP contribution is 2.34. The molecule has 1 atom stereocenters. The van der Waals surface area contributed by atoms with Crippen LogP contribution in [0.5, 0.6) is 0 Å². The summed E-state index contributed by atoms with van der Waals surface area (Å²) >= 11 is 3.50. The van der Waals surface area contributed by atoms with Gasteiger partial charge in [-0.25, -0.2) is 0 Å². The number of likely N-dealkylation sites (tertiary alicyclic amines) is 1. The molecule has 3 heterocycles. The van der Waals surface area contributed by atoms with E-state index < -0.39 is 11.4 Å². The number of hydrogen-bond donors (Lipinski definition) is 1. The van der Waals surface area contributed by atoms with Gasteiger partial charge in [-0.3, -0.25) is 9.59 Å².